The van der Waals surface area contributed by atoms with Crippen LogP contribution < -0.4 is 0 Å². The van der Waals surface area contributed by atoms with E-state index in [0.29, 0.717) is 10.5 Å². The zero-order valence-corrected chi connectivity index (χ0v) is 12.1. The van der Waals surface area contributed by atoms with Gasteiger partial charge in [-0.3, -0.25) is 0 Å². The summed E-state index contributed by atoms with van der Waals surface area (Å²) in [5.41, 5.74) is 0. The summed E-state index contributed by atoms with van der Waals surface area (Å²) in [4.78, 5) is 1.30. The van der Waals surface area contributed by atoms with Gasteiger partial charge in [-0.15, -0.1) is 11.3 Å². The maximum absolute atomic E-state index is 10.2. The second-order valence-corrected chi connectivity index (χ2v) is 8.33. The van der Waals surface area contributed by atoms with Crippen molar-refractivity contribution >= 4 is 34.9 Å². The van der Waals surface area contributed by atoms with Gasteiger partial charge in [-0.1, -0.05) is 19.9 Å². The van der Waals surface area contributed by atoms with Crippen molar-refractivity contribution in [2.24, 2.45) is 0 Å². The SMILES string of the molecule is CC1SCC(C(O)Cc2cccs2)SC1C. The van der Waals surface area contributed by atoms with Crippen molar-refractivity contribution in [1.29, 1.82) is 0 Å². The van der Waals surface area contributed by atoms with Crippen LogP contribution in [0.2, 0.25) is 0 Å². The summed E-state index contributed by atoms with van der Waals surface area (Å²) in [6.07, 6.45) is 0.628. The summed E-state index contributed by atoms with van der Waals surface area (Å²) in [5.74, 6) is 1.09. The number of hydrogen-bond donors (Lipinski definition) is 1. The van der Waals surface area contributed by atoms with Crippen molar-refractivity contribution in [2.75, 3.05) is 5.75 Å². The Labute approximate surface area is 110 Å². The van der Waals surface area contributed by atoms with E-state index in [9.17, 15) is 5.11 Å². The molecule has 1 saturated heterocycles. The highest BCUT2D eigenvalue weighted by Gasteiger charge is 2.30. The largest absolute Gasteiger partial charge is 0.392 e. The van der Waals surface area contributed by atoms with Crippen LogP contribution in [0.4, 0.5) is 0 Å². The predicted octanol–water partition coefficient (Wildman–Crippen LogP) is 3.28. The normalized spacial score (nSPS) is 32.6. The molecule has 1 aromatic heterocycles. The summed E-state index contributed by atoms with van der Waals surface area (Å²) in [7, 11) is 0. The highest BCUT2D eigenvalue weighted by atomic mass is 32.2. The molecule has 4 heteroatoms. The monoisotopic (exact) mass is 274 g/mol. The molecule has 0 spiro atoms. The van der Waals surface area contributed by atoms with Gasteiger partial charge < -0.3 is 5.11 Å². The average Bonchev–Trinajstić information content (AvgIpc) is 2.74. The quantitative estimate of drug-likeness (QED) is 0.913. The van der Waals surface area contributed by atoms with Crippen LogP contribution in [0.15, 0.2) is 17.5 Å². The Kier molecular flexibility index (Phi) is 4.65. The van der Waals surface area contributed by atoms with Crippen molar-refractivity contribution in [1.82, 2.24) is 0 Å². The summed E-state index contributed by atoms with van der Waals surface area (Å²) in [6, 6.07) is 4.17. The Morgan fingerprint density at radius 2 is 2.25 bits per heavy atom. The molecule has 90 valence electrons. The van der Waals surface area contributed by atoms with Crippen LogP contribution in [0.3, 0.4) is 0 Å². The predicted molar refractivity (Wildman–Crippen MR) is 76.8 cm³/mol. The van der Waals surface area contributed by atoms with E-state index in [4.69, 9.17) is 0 Å². The molecule has 2 rings (SSSR count). The van der Waals surface area contributed by atoms with E-state index in [0.717, 1.165) is 17.4 Å². The fourth-order valence-corrected chi connectivity index (χ4v) is 5.55. The summed E-state index contributed by atoms with van der Waals surface area (Å²) in [5, 5.41) is 14.1. The molecule has 0 amide bonds. The molecule has 1 aliphatic heterocycles. The average molecular weight is 274 g/mol. The van der Waals surface area contributed by atoms with Crippen molar-refractivity contribution in [2.45, 2.75) is 42.1 Å². The molecular weight excluding hydrogens is 256 g/mol. The Morgan fingerprint density at radius 3 is 2.88 bits per heavy atom. The van der Waals surface area contributed by atoms with Gasteiger partial charge in [0.1, 0.15) is 0 Å². The molecule has 0 saturated carbocycles. The number of hydrogen-bond acceptors (Lipinski definition) is 4. The van der Waals surface area contributed by atoms with E-state index in [2.05, 4.69) is 31.4 Å². The van der Waals surface area contributed by atoms with Gasteiger partial charge in [-0.05, 0) is 11.4 Å². The van der Waals surface area contributed by atoms with E-state index >= 15 is 0 Å². The first kappa shape index (κ1) is 12.8. The minimum atomic E-state index is -0.189. The Morgan fingerprint density at radius 1 is 1.44 bits per heavy atom. The van der Waals surface area contributed by atoms with Crippen LogP contribution in [-0.4, -0.2) is 32.7 Å². The van der Waals surface area contributed by atoms with Crippen LogP contribution >= 0.6 is 34.9 Å². The second kappa shape index (κ2) is 5.80. The van der Waals surface area contributed by atoms with Gasteiger partial charge in [0.05, 0.1) is 6.10 Å². The van der Waals surface area contributed by atoms with Gasteiger partial charge in [0.15, 0.2) is 0 Å². The third kappa shape index (κ3) is 3.19. The maximum Gasteiger partial charge on any atom is 0.0715 e. The van der Waals surface area contributed by atoms with E-state index in [1.54, 1.807) is 11.3 Å². The van der Waals surface area contributed by atoms with Crippen LogP contribution in [0.5, 0.6) is 0 Å². The van der Waals surface area contributed by atoms with Crippen molar-refractivity contribution < 1.29 is 5.11 Å². The third-order valence-electron chi connectivity index (χ3n) is 2.99. The molecule has 0 aliphatic carbocycles. The highest BCUT2D eigenvalue weighted by Crippen LogP contribution is 2.37. The minimum Gasteiger partial charge on any atom is -0.392 e. The van der Waals surface area contributed by atoms with Crippen molar-refractivity contribution in [3.05, 3.63) is 22.4 Å². The molecule has 0 aromatic carbocycles. The maximum atomic E-state index is 10.2. The summed E-state index contributed by atoms with van der Waals surface area (Å²) >= 11 is 5.70. The van der Waals surface area contributed by atoms with Gasteiger partial charge in [-0.25, -0.2) is 0 Å². The first-order valence-corrected chi connectivity index (χ1v) is 8.51. The Balaban J connectivity index is 1.88. The van der Waals surface area contributed by atoms with Gasteiger partial charge in [0, 0.05) is 32.8 Å². The lowest BCUT2D eigenvalue weighted by molar-refractivity contribution is 0.178. The molecule has 0 bridgehead atoms. The zero-order chi connectivity index (χ0) is 11.5. The van der Waals surface area contributed by atoms with E-state index < -0.39 is 0 Å². The molecule has 1 fully saturated rings. The van der Waals surface area contributed by atoms with Gasteiger partial charge in [-0.2, -0.15) is 23.5 Å². The molecule has 16 heavy (non-hydrogen) atoms. The Hall–Kier alpha value is 0.360. The molecule has 4 atom stereocenters. The Bertz CT molecular complexity index is 312. The molecule has 1 aliphatic rings. The summed E-state index contributed by atoms with van der Waals surface area (Å²) in [6.45, 7) is 4.55. The molecule has 1 N–H and O–H groups in total. The number of thiophene rings is 1. The molecular formula is C12H18OS3. The topological polar surface area (TPSA) is 20.2 Å². The van der Waals surface area contributed by atoms with Crippen molar-refractivity contribution in [3.8, 4) is 0 Å². The van der Waals surface area contributed by atoms with Crippen LogP contribution in [0.25, 0.3) is 0 Å². The first-order valence-electron chi connectivity index (χ1n) is 5.64. The van der Waals surface area contributed by atoms with E-state index in [1.165, 1.54) is 4.88 Å². The van der Waals surface area contributed by atoms with Crippen LogP contribution in [0.1, 0.15) is 18.7 Å². The zero-order valence-electron chi connectivity index (χ0n) is 9.63. The van der Waals surface area contributed by atoms with Gasteiger partial charge >= 0.3 is 0 Å². The number of aliphatic hydroxyl groups excluding tert-OH is 1. The minimum absolute atomic E-state index is 0.189. The van der Waals surface area contributed by atoms with Gasteiger partial charge in [0.25, 0.3) is 0 Å². The number of thioether (sulfide) groups is 2. The number of aliphatic hydroxyl groups is 1. The molecule has 1 aromatic rings. The molecule has 1 nitrogen and oxygen atoms in total. The molecule has 2 heterocycles. The second-order valence-electron chi connectivity index (χ2n) is 4.27. The highest BCUT2D eigenvalue weighted by molar-refractivity contribution is 8.07. The lowest BCUT2D eigenvalue weighted by Crippen LogP contribution is -2.35. The standard InChI is InChI=1S/C12H18OS3/c1-8-9(2)16-12(7-15-8)11(13)6-10-4-3-5-14-10/h3-5,8-9,11-13H,6-7H2,1-2H3. The van der Waals surface area contributed by atoms with E-state index in [1.807, 2.05) is 23.5 Å². The van der Waals surface area contributed by atoms with Gasteiger partial charge in [0.2, 0.25) is 0 Å². The van der Waals surface area contributed by atoms with Crippen molar-refractivity contribution in [3.63, 3.8) is 0 Å². The summed E-state index contributed by atoms with van der Waals surface area (Å²) < 4.78 is 0. The van der Waals surface area contributed by atoms with Crippen LogP contribution in [0, 0.1) is 0 Å². The first-order chi connectivity index (χ1) is 7.66. The molecule has 4 unspecified atom stereocenters. The molecule has 0 radical (unpaired) electrons. The fraction of sp³-hybridized carbons (Fsp3) is 0.667. The number of rotatable bonds is 3. The lowest BCUT2D eigenvalue weighted by atomic mass is 10.2. The van der Waals surface area contributed by atoms with E-state index in [-0.39, 0.29) is 6.10 Å². The van der Waals surface area contributed by atoms with Crippen LogP contribution in [-0.2, 0) is 6.42 Å². The fourth-order valence-electron chi connectivity index (χ4n) is 1.78. The lowest BCUT2D eigenvalue weighted by Gasteiger charge is -2.33. The smallest absolute Gasteiger partial charge is 0.0715 e. The third-order valence-corrected chi connectivity index (χ3v) is 7.43.